The van der Waals surface area contributed by atoms with E-state index in [-0.39, 0.29) is 17.1 Å². The number of nitrogens with one attached hydrogen (secondary N) is 1. The summed E-state index contributed by atoms with van der Waals surface area (Å²) in [6.45, 7) is 6.69. The summed E-state index contributed by atoms with van der Waals surface area (Å²) in [6.07, 6.45) is 1.45. The van der Waals surface area contributed by atoms with Crippen molar-refractivity contribution < 1.29 is 9.66 Å². The minimum atomic E-state index is -0.527. The Balaban J connectivity index is 2.07. The number of rotatable bonds is 5. The fourth-order valence-corrected chi connectivity index (χ4v) is 2.63. The number of nitrogens with zero attached hydrogens (tertiary/aromatic N) is 3. The van der Waals surface area contributed by atoms with Crippen molar-refractivity contribution in [2.75, 3.05) is 0 Å². The summed E-state index contributed by atoms with van der Waals surface area (Å²) >= 11 is 6.12. The van der Waals surface area contributed by atoms with Gasteiger partial charge in [-0.05, 0) is 45.0 Å². The van der Waals surface area contributed by atoms with Gasteiger partial charge in [-0.15, -0.1) is 0 Å². The van der Waals surface area contributed by atoms with Crippen LogP contribution in [0.2, 0.25) is 5.02 Å². The molecule has 0 amide bonds. The SMILES string of the molecule is CC(C)(C)NCc1cc(Oc2ncccc2[N+](=O)[O-])c2cc(Cl)ccc2n1. The zero-order valence-corrected chi connectivity index (χ0v) is 15.9. The lowest BCUT2D eigenvalue weighted by Gasteiger charge is -2.20. The van der Waals surface area contributed by atoms with Crippen molar-refractivity contribution in [2.24, 2.45) is 0 Å². The van der Waals surface area contributed by atoms with Crippen LogP contribution in [0.4, 0.5) is 5.69 Å². The molecule has 27 heavy (non-hydrogen) atoms. The summed E-state index contributed by atoms with van der Waals surface area (Å²) in [7, 11) is 0. The maximum Gasteiger partial charge on any atom is 0.331 e. The van der Waals surface area contributed by atoms with Crippen LogP contribution in [0.1, 0.15) is 26.5 Å². The van der Waals surface area contributed by atoms with E-state index in [4.69, 9.17) is 16.3 Å². The second-order valence-corrected chi connectivity index (χ2v) is 7.50. The first-order valence-corrected chi connectivity index (χ1v) is 8.72. The third kappa shape index (κ3) is 4.69. The highest BCUT2D eigenvalue weighted by Crippen LogP contribution is 2.34. The molecule has 2 aromatic heterocycles. The number of hydrogen-bond donors (Lipinski definition) is 1. The number of nitro groups is 1. The molecule has 140 valence electrons. The van der Waals surface area contributed by atoms with Crippen LogP contribution in [-0.4, -0.2) is 20.4 Å². The number of pyridine rings is 2. The van der Waals surface area contributed by atoms with Gasteiger partial charge < -0.3 is 10.1 Å². The van der Waals surface area contributed by atoms with Crippen molar-refractivity contribution >= 4 is 28.2 Å². The highest BCUT2D eigenvalue weighted by atomic mass is 35.5. The number of benzene rings is 1. The zero-order valence-electron chi connectivity index (χ0n) is 15.2. The van der Waals surface area contributed by atoms with Crippen LogP contribution in [0.25, 0.3) is 10.9 Å². The van der Waals surface area contributed by atoms with Crippen molar-refractivity contribution in [3.05, 3.63) is 63.4 Å². The van der Waals surface area contributed by atoms with E-state index in [9.17, 15) is 10.1 Å². The highest BCUT2D eigenvalue weighted by Gasteiger charge is 2.19. The summed E-state index contributed by atoms with van der Waals surface area (Å²) in [5, 5.41) is 15.8. The Labute approximate surface area is 161 Å². The molecule has 3 aromatic rings. The van der Waals surface area contributed by atoms with Crippen molar-refractivity contribution in [1.29, 1.82) is 0 Å². The quantitative estimate of drug-likeness (QED) is 0.496. The van der Waals surface area contributed by atoms with Gasteiger partial charge in [0.2, 0.25) is 0 Å². The normalized spacial score (nSPS) is 11.6. The molecule has 0 aliphatic rings. The summed E-state index contributed by atoms with van der Waals surface area (Å²) < 4.78 is 5.83. The monoisotopic (exact) mass is 386 g/mol. The Morgan fingerprint density at radius 2 is 2.04 bits per heavy atom. The largest absolute Gasteiger partial charge is 0.433 e. The molecule has 0 fully saturated rings. The number of halogens is 1. The molecular weight excluding hydrogens is 368 g/mol. The van der Waals surface area contributed by atoms with E-state index in [0.717, 1.165) is 5.69 Å². The molecule has 3 rings (SSSR count). The second kappa shape index (κ2) is 7.46. The molecule has 0 atom stereocenters. The summed E-state index contributed by atoms with van der Waals surface area (Å²) in [6, 6.07) is 9.83. The molecule has 8 heteroatoms. The molecule has 0 bridgehead atoms. The molecular formula is C19H19ClN4O3. The van der Waals surface area contributed by atoms with E-state index in [1.54, 1.807) is 24.3 Å². The molecule has 1 N–H and O–H groups in total. The number of ether oxygens (including phenoxy) is 1. The molecule has 7 nitrogen and oxygen atoms in total. The fraction of sp³-hybridized carbons (Fsp3) is 0.263. The van der Waals surface area contributed by atoms with Gasteiger partial charge in [0.15, 0.2) is 0 Å². The summed E-state index contributed by atoms with van der Waals surface area (Å²) in [5.41, 5.74) is 1.13. The molecule has 0 saturated heterocycles. The van der Waals surface area contributed by atoms with Gasteiger partial charge in [0.05, 0.1) is 16.1 Å². The Hall–Kier alpha value is -2.77. The molecule has 0 aliphatic carbocycles. The van der Waals surface area contributed by atoms with Gasteiger partial charge in [-0.3, -0.25) is 15.1 Å². The van der Waals surface area contributed by atoms with Gasteiger partial charge >= 0.3 is 5.69 Å². The molecule has 0 saturated carbocycles. The number of fused-ring (bicyclic) bond motifs is 1. The number of hydrogen-bond acceptors (Lipinski definition) is 6. The molecule has 1 aromatic carbocycles. The van der Waals surface area contributed by atoms with Gasteiger partial charge in [0.25, 0.3) is 5.88 Å². The van der Waals surface area contributed by atoms with Crippen molar-refractivity contribution in [1.82, 2.24) is 15.3 Å². The van der Waals surface area contributed by atoms with Crippen LogP contribution >= 0.6 is 11.6 Å². The molecule has 0 radical (unpaired) electrons. The third-order valence-corrected chi connectivity index (χ3v) is 3.98. The smallest absolute Gasteiger partial charge is 0.331 e. The molecule has 0 spiro atoms. The van der Waals surface area contributed by atoms with Crippen molar-refractivity contribution in [3.63, 3.8) is 0 Å². The van der Waals surface area contributed by atoms with Gasteiger partial charge in [0, 0.05) is 40.8 Å². The van der Waals surface area contributed by atoms with Gasteiger partial charge in [-0.25, -0.2) is 4.98 Å². The first-order chi connectivity index (χ1) is 12.7. The summed E-state index contributed by atoms with van der Waals surface area (Å²) in [4.78, 5) is 19.4. The highest BCUT2D eigenvalue weighted by molar-refractivity contribution is 6.31. The lowest BCUT2D eigenvalue weighted by molar-refractivity contribution is -0.386. The average Bonchev–Trinajstić information content (AvgIpc) is 2.60. The van der Waals surface area contributed by atoms with Gasteiger partial charge in [-0.2, -0.15) is 0 Å². The number of aromatic nitrogens is 2. The Kier molecular flexibility index (Phi) is 5.25. The first kappa shape index (κ1) is 19.0. The average molecular weight is 387 g/mol. The van der Waals surface area contributed by atoms with Gasteiger partial charge in [-0.1, -0.05) is 11.6 Å². The molecule has 0 unspecified atom stereocenters. The van der Waals surface area contributed by atoms with E-state index >= 15 is 0 Å². The van der Waals surface area contributed by atoms with E-state index in [0.29, 0.717) is 28.2 Å². The zero-order chi connectivity index (χ0) is 19.6. The van der Waals surface area contributed by atoms with Gasteiger partial charge in [0.1, 0.15) is 5.75 Å². The molecule has 2 heterocycles. The first-order valence-electron chi connectivity index (χ1n) is 8.34. The topological polar surface area (TPSA) is 90.2 Å². The fourth-order valence-electron chi connectivity index (χ4n) is 2.45. The minimum absolute atomic E-state index is 0.0790. The van der Waals surface area contributed by atoms with Crippen LogP contribution in [0.3, 0.4) is 0 Å². The Morgan fingerprint density at radius 1 is 1.26 bits per heavy atom. The molecule has 0 aliphatic heterocycles. The predicted molar refractivity (Wildman–Crippen MR) is 104 cm³/mol. The van der Waals surface area contributed by atoms with E-state index in [1.165, 1.54) is 18.3 Å². The van der Waals surface area contributed by atoms with Crippen LogP contribution in [0, 0.1) is 10.1 Å². The lowest BCUT2D eigenvalue weighted by atomic mass is 10.1. The third-order valence-electron chi connectivity index (χ3n) is 3.74. The van der Waals surface area contributed by atoms with Crippen LogP contribution in [0.15, 0.2) is 42.6 Å². The van der Waals surface area contributed by atoms with Crippen molar-refractivity contribution in [3.8, 4) is 11.6 Å². The maximum absolute atomic E-state index is 11.3. The van der Waals surface area contributed by atoms with Crippen LogP contribution in [0.5, 0.6) is 11.6 Å². The van der Waals surface area contributed by atoms with E-state index in [2.05, 4.69) is 36.1 Å². The van der Waals surface area contributed by atoms with Crippen LogP contribution < -0.4 is 10.1 Å². The lowest BCUT2D eigenvalue weighted by Crippen LogP contribution is -2.35. The predicted octanol–water partition coefficient (Wildman–Crippen LogP) is 4.87. The van der Waals surface area contributed by atoms with Crippen LogP contribution in [-0.2, 0) is 6.54 Å². The van der Waals surface area contributed by atoms with E-state index < -0.39 is 4.92 Å². The minimum Gasteiger partial charge on any atom is -0.433 e. The maximum atomic E-state index is 11.3. The Morgan fingerprint density at radius 3 is 2.74 bits per heavy atom. The second-order valence-electron chi connectivity index (χ2n) is 7.06. The standard InChI is InChI=1S/C19H19ClN4O3/c1-19(2,3)22-11-13-10-17(14-9-12(20)6-7-15(14)23-13)27-18-16(24(25)26)5-4-8-21-18/h4-10,22H,11H2,1-3H3. The van der Waals surface area contributed by atoms with E-state index in [1.807, 2.05) is 0 Å². The van der Waals surface area contributed by atoms with Crippen molar-refractivity contribution in [2.45, 2.75) is 32.9 Å². The Bertz CT molecular complexity index is 1000. The summed E-state index contributed by atoms with van der Waals surface area (Å²) in [5.74, 6) is 0.333.